The third-order valence-electron chi connectivity index (χ3n) is 4.45. The van der Waals surface area contributed by atoms with E-state index >= 15 is 0 Å². The molecule has 0 bridgehead atoms. The summed E-state index contributed by atoms with van der Waals surface area (Å²) in [6.07, 6.45) is 2.09. The van der Waals surface area contributed by atoms with Crippen molar-refractivity contribution in [1.29, 1.82) is 0 Å². The monoisotopic (exact) mass is 301 g/mol. The van der Waals surface area contributed by atoms with E-state index in [1.54, 1.807) is 20.9 Å². The fourth-order valence-electron chi connectivity index (χ4n) is 3.30. The molecule has 0 unspecified atom stereocenters. The predicted molar refractivity (Wildman–Crippen MR) is 79.6 cm³/mol. The summed E-state index contributed by atoms with van der Waals surface area (Å²) in [6.45, 7) is 5.23. The number of nitrogens with zero attached hydrogens (tertiary/aromatic N) is 2. The van der Waals surface area contributed by atoms with E-state index in [0.717, 1.165) is 19.4 Å². The average Bonchev–Trinajstić information content (AvgIpc) is 2.97. The first-order valence-electron chi connectivity index (χ1n) is 7.61. The van der Waals surface area contributed by atoms with Gasteiger partial charge in [-0.25, -0.2) is 13.8 Å². The van der Waals surface area contributed by atoms with Crippen LogP contribution in [0.3, 0.4) is 0 Å². The summed E-state index contributed by atoms with van der Waals surface area (Å²) in [5, 5.41) is 2.85. The molecule has 2 saturated heterocycles. The SMILES string of the molecule is CC/C(F)=C(\C)NC(=NC)OC[C@@]12CCCN1C[C@H](F)C2. The molecule has 0 aliphatic carbocycles. The summed E-state index contributed by atoms with van der Waals surface area (Å²) >= 11 is 0. The second-order valence-electron chi connectivity index (χ2n) is 5.90. The Bertz CT molecular complexity index is 439. The molecule has 2 atom stereocenters. The third-order valence-corrected chi connectivity index (χ3v) is 4.45. The molecule has 0 spiro atoms. The smallest absolute Gasteiger partial charge is 0.288 e. The highest BCUT2D eigenvalue weighted by molar-refractivity contribution is 5.75. The van der Waals surface area contributed by atoms with Crippen LogP contribution < -0.4 is 5.32 Å². The highest BCUT2D eigenvalue weighted by Gasteiger charge is 2.49. The van der Waals surface area contributed by atoms with Crippen LogP contribution in [0.5, 0.6) is 0 Å². The van der Waals surface area contributed by atoms with E-state index < -0.39 is 6.17 Å². The minimum atomic E-state index is -0.775. The Balaban J connectivity index is 1.95. The quantitative estimate of drug-likeness (QED) is 0.641. The van der Waals surface area contributed by atoms with Crippen LogP contribution in [0, 0.1) is 0 Å². The van der Waals surface area contributed by atoms with Gasteiger partial charge in [0.05, 0.1) is 5.54 Å². The highest BCUT2D eigenvalue weighted by Crippen LogP contribution is 2.40. The Labute approximate surface area is 125 Å². The van der Waals surface area contributed by atoms with Gasteiger partial charge in [0.15, 0.2) is 0 Å². The number of hydrogen-bond donors (Lipinski definition) is 1. The summed E-state index contributed by atoms with van der Waals surface area (Å²) in [4.78, 5) is 6.19. The molecule has 0 aromatic carbocycles. The Kier molecular flexibility index (Phi) is 5.19. The van der Waals surface area contributed by atoms with Gasteiger partial charge in [-0.1, -0.05) is 6.92 Å². The predicted octanol–water partition coefficient (Wildman–Crippen LogP) is 2.77. The molecule has 1 N–H and O–H groups in total. The molecular weight excluding hydrogens is 276 g/mol. The van der Waals surface area contributed by atoms with E-state index in [1.165, 1.54) is 0 Å². The van der Waals surface area contributed by atoms with Crippen molar-refractivity contribution in [2.24, 2.45) is 4.99 Å². The van der Waals surface area contributed by atoms with Crippen molar-refractivity contribution in [2.45, 2.75) is 51.2 Å². The van der Waals surface area contributed by atoms with Crippen LogP contribution >= 0.6 is 0 Å². The number of nitrogens with one attached hydrogen (secondary N) is 1. The standard InChI is InChI=1S/C15H25F2N3O/c1-4-13(17)11(2)19-14(18-3)21-10-15-6-5-7-20(15)9-12(16)8-15/h12H,4-10H2,1-3H3,(H,18,19)/b13-11-/t12-,15+/m1/s1. The molecule has 0 aromatic heterocycles. The maximum Gasteiger partial charge on any atom is 0.288 e. The number of rotatable bonds is 4. The van der Waals surface area contributed by atoms with Crippen molar-refractivity contribution in [3.05, 3.63) is 11.5 Å². The molecule has 2 rings (SSSR count). The Morgan fingerprint density at radius 1 is 1.52 bits per heavy atom. The van der Waals surface area contributed by atoms with E-state index in [1.807, 2.05) is 0 Å². The van der Waals surface area contributed by atoms with Crippen LogP contribution in [0.2, 0.25) is 0 Å². The number of amidine groups is 1. The first-order valence-corrected chi connectivity index (χ1v) is 7.61. The normalized spacial score (nSPS) is 31.1. The maximum atomic E-state index is 13.7. The Morgan fingerprint density at radius 3 is 2.95 bits per heavy atom. The van der Waals surface area contributed by atoms with Gasteiger partial charge in [-0.2, -0.15) is 0 Å². The van der Waals surface area contributed by atoms with Gasteiger partial charge in [-0.3, -0.25) is 4.90 Å². The number of hydrogen-bond acceptors (Lipinski definition) is 3. The summed E-state index contributed by atoms with van der Waals surface area (Å²) < 4.78 is 32.9. The first-order chi connectivity index (χ1) is 10.0. The molecular formula is C15H25F2N3O. The summed E-state index contributed by atoms with van der Waals surface area (Å²) in [7, 11) is 1.59. The minimum absolute atomic E-state index is 0.210. The van der Waals surface area contributed by atoms with Crippen molar-refractivity contribution in [2.75, 3.05) is 26.7 Å². The molecule has 2 aliphatic rings. The zero-order valence-electron chi connectivity index (χ0n) is 13.1. The van der Waals surface area contributed by atoms with Crippen LogP contribution in [0.15, 0.2) is 16.5 Å². The summed E-state index contributed by atoms with van der Waals surface area (Å²) in [6, 6.07) is 0.291. The number of aliphatic imine (C=N–C) groups is 1. The molecule has 2 heterocycles. The molecule has 0 amide bonds. The Morgan fingerprint density at radius 2 is 2.29 bits per heavy atom. The van der Waals surface area contributed by atoms with Crippen LogP contribution in [-0.4, -0.2) is 49.4 Å². The summed E-state index contributed by atoms with van der Waals surface area (Å²) in [5.74, 6) is -0.218. The fourth-order valence-corrected chi connectivity index (χ4v) is 3.30. The second-order valence-corrected chi connectivity index (χ2v) is 5.90. The molecule has 0 radical (unpaired) electrons. The molecule has 2 aliphatic heterocycles. The Hall–Kier alpha value is -1.17. The molecule has 0 saturated carbocycles. The van der Waals surface area contributed by atoms with E-state index in [0.29, 0.717) is 37.7 Å². The van der Waals surface area contributed by atoms with Crippen molar-refractivity contribution >= 4 is 6.02 Å². The second kappa shape index (κ2) is 6.73. The number of allylic oxidation sites excluding steroid dienone is 2. The highest BCUT2D eigenvalue weighted by atomic mass is 19.1. The first kappa shape index (κ1) is 16.2. The zero-order valence-corrected chi connectivity index (χ0v) is 13.1. The fraction of sp³-hybridized carbons (Fsp3) is 0.800. The lowest BCUT2D eigenvalue weighted by molar-refractivity contribution is 0.104. The van der Waals surface area contributed by atoms with E-state index in [4.69, 9.17) is 4.74 Å². The van der Waals surface area contributed by atoms with Gasteiger partial charge < -0.3 is 10.1 Å². The van der Waals surface area contributed by atoms with E-state index in [-0.39, 0.29) is 11.4 Å². The van der Waals surface area contributed by atoms with Gasteiger partial charge in [-0.15, -0.1) is 0 Å². The van der Waals surface area contributed by atoms with Gasteiger partial charge in [-0.05, 0) is 32.7 Å². The lowest BCUT2D eigenvalue weighted by Gasteiger charge is -2.31. The molecule has 0 aromatic rings. The van der Waals surface area contributed by atoms with Crippen LogP contribution in [-0.2, 0) is 4.74 Å². The maximum absolute atomic E-state index is 13.7. The van der Waals surface area contributed by atoms with Crippen LogP contribution in [0.25, 0.3) is 0 Å². The van der Waals surface area contributed by atoms with Gasteiger partial charge in [0, 0.05) is 25.7 Å². The van der Waals surface area contributed by atoms with Crippen molar-refractivity contribution in [3.63, 3.8) is 0 Å². The average molecular weight is 301 g/mol. The molecule has 2 fully saturated rings. The number of alkyl halides is 1. The van der Waals surface area contributed by atoms with Crippen molar-refractivity contribution in [3.8, 4) is 0 Å². The molecule has 21 heavy (non-hydrogen) atoms. The number of fused-ring (bicyclic) bond motifs is 1. The largest absolute Gasteiger partial charge is 0.463 e. The van der Waals surface area contributed by atoms with Gasteiger partial charge >= 0.3 is 0 Å². The van der Waals surface area contributed by atoms with Crippen LogP contribution in [0.1, 0.15) is 39.5 Å². The summed E-state index contributed by atoms with van der Waals surface area (Å²) in [5.41, 5.74) is 0.200. The van der Waals surface area contributed by atoms with Gasteiger partial charge in [0.1, 0.15) is 18.6 Å². The third kappa shape index (κ3) is 3.54. The van der Waals surface area contributed by atoms with Crippen molar-refractivity contribution < 1.29 is 13.5 Å². The molecule has 120 valence electrons. The minimum Gasteiger partial charge on any atom is -0.463 e. The van der Waals surface area contributed by atoms with E-state index in [2.05, 4.69) is 15.2 Å². The molecule has 4 nitrogen and oxygen atoms in total. The van der Waals surface area contributed by atoms with Crippen LogP contribution in [0.4, 0.5) is 8.78 Å². The lowest BCUT2D eigenvalue weighted by atomic mass is 9.95. The number of halogens is 2. The zero-order chi connectivity index (χ0) is 15.5. The molecule has 6 heteroatoms. The van der Waals surface area contributed by atoms with E-state index in [9.17, 15) is 8.78 Å². The topological polar surface area (TPSA) is 36.9 Å². The van der Waals surface area contributed by atoms with Gasteiger partial charge in [0.25, 0.3) is 6.02 Å². The number of ether oxygens (including phenoxy) is 1. The van der Waals surface area contributed by atoms with Gasteiger partial charge in [0.2, 0.25) is 0 Å². The van der Waals surface area contributed by atoms with Crippen molar-refractivity contribution in [1.82, 2.24) is 10.2 Å². The lowest BCUT2D eigenvalue weighted by Crippen LogP contribution is -2.44.